The van der Waals surface area contributed by atoms with Crippen LogP contribution >= 0.6 is 39.9 Å². The molecule has 0 saturated carbocycles. The molecule has 0 atom stereocenters. The van der Waals surface area contributed by atoms with Gasteiger partial charge in [0.15, 0.2) is 11.5 Å². The minimum Gasteiger partial charge on any atom is -0.497 e. The van der Waals surface area contributed by atoms with Crippen LogP contribution in [0.5, 0.6) is 23.0 Å². The van der Waals surface area contributed by atoms with Gasteiger partial charge in [-0.3, -0.25) is 4.79 Å². The van der Waals surface area contributed by atoms with Gasteiger partial charge in [-0.2, -0.15) is 0 Å². The van der Waals surface area contributed by atoms with Crippen molar-refractivity contribution in [1.29, 1.82) is 0 Å². The quantitative estimate of drug-likeness (QED) is 0.295. The molecule has 0 bridgehead atoms. The van der Waals surface area contributed by atoms with E-state index in [2.05, 4.69) is 21.2 Å². The second-order valence-corrected chi connectivity index (χ2v) is 8.56. The Bertz CT molecular complexity index is 980. The zero-order chi connectivity index (χ0) is 21.5. The van der Waals surface area contributed by atoms with Crippen molar-refractivity contribution in [3.8, 4) is 23.0 Å². The van der Waals surface area contributed by atoms with Gasteiger partial charge in [0.1, 0.15) is 29.0 Å². The van der Waals surface area contributed by atoms with Crippen LogP contribution in [0.25, 0.3) is 6.08 Å². The Morgan fingerprint density at radius 3 is 2.60 bits per heavy atom. The molecule has 0 unspecified atom stereocenters. The molecule has 158 valence electrons. The molecule has 1 aliphatic heterocycles. The van der Waals surface area contributed by atoms with Crippen molar-refractivity contribution < 1.29 is 23.7 Å². The van der Waals surface area contributed by atoms with Gasteiger partial charge in [0.25, 0.3) is 5.91 Å². The summed E-state index contributed by atoms with van der Waals surface area (Å²) in [5.41, 5.74) is 0.799. The number of rotatable bonds is 9. The van der Waals surface area contributed by atoms with Crippen molar-refractivity contribution in [3.05, 3.63) is 51.3 Å². The maximum Gasteiger partial charge on any atom is 0.263 e. The standard InChI is InChI=1S/C21H20BrNO5S2/c1-3-26-17-10-13(11-18-20(24)23-21(29)30-18)9-16(22)19(17)28-8-7-27-15-6-4-5-14(12-15)25-2/h4-6,9-12H,3,7-8H2,1-2H3,(H,23,24,29)/b18-11+. The molecule has 0 spiro atoms. The largest absolute Gasteiger partial charge is 0.497 e. The Morgan fingerprint density at radius 1 is 1.13 bits per heavy atom. The minimum atomic E-state index is -0.200. The molecule has 2 aromatic carbocycles. The van der Waals surface area contributed by atoms with Crippen LogP contribution in [0.2, 0.25) is 0 Å². The molecule has 0 aliphatic carbocycles. The first-order valence-electron chi connectivity index (χ1n) is 9.11. The Hall–Kier alpha value is -2.23. The number of methoxy groups -OCH3 is 1. The molecule has 6 nitrogen and oxygen atoms in total. The summed E-state index contributed by atoms with van der Waals surface area (Å²) in [5, 5.41) is 2.61. The third-order valence-corrected chi connectivity index (χ3v) is 5.66. The number of ether oxygens (including phenoxy) is 4. The fraction of sp³-hybridized carbons (Fsp3) is 0.238. The lowest BCUT2D eigenvalue weighted by molar-refractivity contribution is -0.115. The summed E-state index contributed by atoms with van der Waals surface area (Å²) in [6.07, 6.45) is 1.77. The van der Waals surface area contributed by atoms with E-state index in [1.807, 2.05) is 43.3 Å². The van der Waals surface area contributed by atoms with Crippen LogP contribution in [0.1, 0.15) is 12.5 Å². The number of thioether (sulfide) groups is 1. The van der Waals surface area contributed by atoms with Crippen LogP contribution in [0.3, 0.4) is 0 Å². The Balaban J connectivity index is 1.68. The molecule has 30 heavy (non-hydrogen) atoms. The number of thiocarbonyl (C=S) groups is 1. The first-order valence-corrected chi connectivity index (χ1v) is 11.1. The highest BCUT2D eigenvalue weighted by molar-refractivity contribution is 9.10. The van der Waals surface area contributed by atoms with Crippen molar-refractivity contribution in [2.75, 3.05) is 26.9 Å². The smallest absolute Gasteiger partial charge is 0.263 e. The van der Waals surface area contributed by atoms with Crippen molar-refractivity contribution in [2.45, 2.75) is 6.92 Å². The monoisotopic (exact) mass is 509 g/mol. The number of hydrogen-bond donors (Lipinski definition) is 1. The van der Waals surface area contributed by atoms with Crippen LogP contribution in [-0.2, 0) is 4.79 Å². The molecule has 0 aromatic heterocycles. The molecule has 9 heteroatoms. The average Bonchev–Trinajstić information content (AvgIpc) is 3.03. The molecule has 2 aromatic rings. The SMILES string of the molecule is CCOc1cc(/C=C2/SC(=S)NC2=O)cc(Br)c1OCCOc1cccc(OC)c1. The molecule has 1 heterocycles. The maximum atomic E-state index is 11.9. The van der Waals surface area contributed by atoms with E-state index in [0.717, 1.165) is 11.3 Å². The van der Waals surface area contributed by atoms with E-state index in [4.69, 9.17) is 31.2 Å². The number of halogens is 1. The van der Waals surface area contributed by atoms with Gasteiger partial charge in [-0.15, -0.1) is 0 Å². The summed E-state index contributed by atoms with van der Waals surface area (Å²) in [6.45, 7) is 3.05. The molecule has 1 aliphatic rings. The van der Waals surface area contributed by atoms with E-state index in [9.17, 15) is 4.79 Å². The zero-order valence-electron chi connectivity index (χ0n) is 16.4. The first kappa shape index (κ1) is 22.5. The highest BCUT2D eigenvalue weighted by atomic mass is 79.9. The lowest BCUT2D eigenvalue weighted by Crippen LogP contribution is -2.17. The van der Waals surface area contributed by atoms with Gasteiger partial charge in [-0.05, 0) is 58.8 Å². The molecular formula is C21H20BrNO5S2. The van der Waals surface area contributed by atoms with Gasteiger partial charge in [-0.25, -0.2) is 0 Å². The van der Waals surface area contributed by atoms with E-state index in [0.29, 0.717) is 50.8 Å². The predicted molar refractivity (Wildman–Crippen MR) is 126 cm³/mol. The van der Waals surface area contributed by atoms with Crippen molar-refractivity contribution in [3.63, 3.8) is 0 Å². The van der Waals surface area contributed by atoms with Crippen LogP contribution in [0.4, 0.5) is 0 Å². The number of benzene rings is 2. The minimum absolute atomic E-state index is 0.200. The summed E-state index contributed by atoms with van der Waals surface area (Å²) in [6, 6.07) is 11.1. The summed E-state index contributed by atoms with van der Waals surface area (Å²) < 4.78 is 23.7. The molecule has 1 N–H and O–H groups in total. The van der Waals surface area contributed by atoms with E-state index in [1.165, 1.54) is 11.8 Å². The number of amides is 1. The van der Waals surface area contributed by atoms with Crippen LogP contribution in [0, 0.1) is 0 Å². The Kier molecular flexibility index (Phi) is 8.01. The van der Waals surface area contributed by atoms with E-state index >= 15 is 0 Å². The van der Waals surface area contributed by atoms with E-state index < -0.39 is 0 Å². The first-order chi connectivity index (χ1) is 14.5. The van der Waals surface area contributed by atoms with E-state index in [-0.39, 0.29) is 5.91 Å². The van der Waals surface area contributed by atoms with Gasteiger partial charge in [-0.1, -0.05) is 30.0 Å². The Labute approximate surface area is 193 Å². The van der Waals surface area contributed by atoms with Gasteiger partial charge in [0.05, 0.1) is 23.1 Å². The summed E-state index contributed by atoms with van der Waals surface area (Å²) in [4.78, 5) is 12.4. The average molecular weight is 510 g/mol. The second-order valence-electron chi connectivity index (χ2n) is 5.99. The molecular weight excluding hydrogens is 490 g/mol. The lowest BCUT2D eigenvalue weighted by atomic mass is 10.2. The maximum absolute atomic E-state index is 11.9. The third-order valence-electron chi connectivity index (χ3n) is 3.91. The van der Waals surface area contributed by atoms with Gasteiger partial charge >= 0.3 is 0 Å². The predicted octanol–water partition coefficient (Wildman–Crippen LogP) is 4.80. The van der Waals surface area contributed by atoms with Crippen LogP contribution < -0.4 is 24.3 Å². The highest BCUT2D eigenvalue weighted by Gasteiger charge is 2.22. The van der Waals surface area contributed by atoms with Crippen LogP contribution in [0.15, 0.2) is 45.8 Å². The summed E-state index contributed by atoms with van der Waals surface area (Å²) in [5.74, 6) is 2.39. The van der Waals surface area contributed by atoms with Crippen molar-refractivity contribution in [2.24, 2.45) is 0 Å². The van der Waals surface area contributed by atoms with Crippen LogP contribution in [-0.4, -0.2) is 37.2 Å². The zero-order valence-corrected chi connectivity index (χ0v) is 19.6. The van der Waals surface area contributed by atoms with Gasteiger partial charge < -0.3 is 24.3 Å². The van der Waals surface area contributed by atoms with Gasteiger partial charge in [0.2, 0.25) is 0 Å². The molecule has 3 rings (SSSR count). The van der Waals surface area contributed by atoms with Crippen molar-refractivity contribution >= 4 is 56.2 Å². The number of carbonyl (C=O) groups is 1. The molecule has 1 fully saturated rings. The Morgan fingerprint density at radius 2 is 1.90 bits per heavy atom. The lowest BCUT2D eigenvalue weighted by Gasteiger charge is -2.15. The normalized spacial score (nSPS) is 14.6. The molecule has 0 radical (unpaired) electrons. The number of nitrogens with one attached hydrogen (secondary N) is 1. The fourth-order valence-electron chi connectivity index (χ4n) is 2.64. The third kappa shape index (κ3) is 5.90. The van der Waals surface area contributed by atoms with E-state index in [1.54, 1.807) is 13.2 Å². The number of hydrogen-bond acceptors (Lipinski definition) is 7. The second kappa shape index (κ2) is 10.7. The molecule has 1 saturated heterocycles. The van der Waals surface area contributed by atoms with Gasteiger partial charge in [0, 0.05) is 6.07 Å². The highest BCUT2D eigenvalue weighted by Crippen LogP contribution is 2.38. The number of carbonyl (C=O) groups excluding carboxylic acids is 1. The molecule has 1 amide bonds. The fourth-order valence-corrected chi connectivity index (χ4v) is 4.26. The van der Waals surface area contributed by atoms with Crippen molar-refractivity contribution in [1.82, 2.24) is 5.32 Å². The topological polar surface area (TPSA) is 66.0 Å². The summed E-state index contributed by atoms with van der Waals surface area (Å²) >= 11 is 9.80. The summed E-state index contributed by atoms with van der Waals surface area (Å²) in [7, 11) is 1.61.